The highest BCUT2D eigenvalue weighted by Crippen LogP contribution is 2.32. The molecule has 3 nitrogen and oxygen atoms in total. The van der Waals surface area contributed by atoms with Gasteiger partial charge in [0.1, 0.15) is 11.5 Å². The summed E-state index contributed by atoms with van der Waals surface area (Å²) in [4.78, 5) is 10.8. The first kappa shape index (κ1) is 12.0. The van der Waals surface area contributed by atoms with Gasteiger partial charge in [-0.2, -0.15) is 0 Å². The van der Waals surface area contributed by atoms with Gasteiger partial charge in [-0.25, -0.2) is 0 Å². The maximum atomic E-state index is 10.8. The third-order valence-corrected chi connectivity index (χ3v) is 2.41. The van der Waals surface area contributed by atoms with Crippen LogP contribution in [0.1, 0.15) is 24.2 Å². The molecule has 0 aliphatic heterocycles. The van der Waals surface area contributed by atoms with Crippen LogP contribution in [0.2, 0.25) is 0 Å². The molecule has 0 radical (unpaired) electrons. The van der Waals surface area contributed by atoms with Crippen LogP contribution in [0.15, 0.2) is 16.6 Å². The van der Waals surface area contributed by atoms with Crippen molar-refractivity contribution < 1.29 is 14.3 Å². The number of aldehydes is 1. The molecule has 0 unspecified atom stereocenters. The van der Waals surface area contributed by atoms with E-state index in [4.69, 9.17) is 9.47 Å². The van der Waals surface area contributed by atoms with E-state index in [0.717, 1.165) is 10.8 Å². The summed E-state index contributed by atoms with van der Waals surface area (Å²) in [6, 6.07) is 3.42. The first-order valence-electron chi connectivity index (χ1n) is 4.77. The Kier molecular flexibility index (Phi) is 4.62. The van der Waals surface area contributed by atoms with Crippen molar-refractivity contribution in [3.05, 3.63) is 22.2 Å². The van der Waals surface area contributed by atoms with Crippen molar-refractivity contribution >= 4 is 22.2 Å². The van der Waals surface area contributed by atoms with Gasteiger partial charge >= 0.3 is 0 Å². The molecule has 1 aromatic rings. The molecular weight excluding hydrogens is 260 g/mol. The summed E-state index contributed by atoms with van der Waals surface area (Å²) in [6.07, 6.45) is 0.764. The molecule has 15 heavy (non-hydrogen) atoms. The van der Waals surface area contributed by atoms with Gasteiger partial charge in [0, 0.05) is 0 Å². The fourth-order valence-electron chi connectivity index (χ4n) is 1.19. The lowest BCUT2D eigenvalue weighted by Gasteiger charge is -2.10. The van der Waals surface area contributed by atoms with Crippen molar-refractivity contribution in [1.82, 2.24) is 0 Å². The monoisotopic (exact) mass is 272 g/mol. The predicted molar refractivity (Wildman–Crippen MR) is 61.9 cm³/mol. The van der Waals surface area contributed by atoms with E-state index < -0.39 is 0 Å². The van der Waals surface area contributed by atoms with Crippen molar-refractivity contribution in [2.45, 2.75) is 13.8 Å². The van der Waals surface area contributed by atoms with Gasteiger partial charge in [0.2, 0.25) is 0 Å². The van der Waals surface area contributed by atoms with E-state index in [1.165, 1.54) is 0 Å². The fourth-order valence-corrected chi connectivity index (χ4v) is 1.63. The van der Waals surface area contributed by atoms with E-state index in [0.29, 0.717) is 30.3 Å². The molecule has 4 heteroatoms. The number of halogens is 1. The lowest BCUT2D eigenvalue weighted by atomic mass is 10.2. The summed E-state index contributed by atoms with van der Waals surface area (Å²) in [6.45, 7) is 4.86. The molecule has 0 spiro atoms. The molecule has 0 saturated carbocycles. The normalized spacial score (nSPS) is 9.80. The number of ether oxygens (including phenoxy) is 2. The number of carbonyl (C=O) groups excluding carboxylic acids is 1. The van der Waals surface area contributed by atoms with Crippen LogP contribution in [0.25, 0.3) is 0 Å². The summed E-state index contributed by atoms with van der Waals surface area (Å²) < 4.78 is 11.5. The van der Waals surface area contributed by atoms with Crippen LogP contribution >= 0.6 is 15.9 Å². The largest absolute Gasteiger partial charge is 0.493 e. The second kappa shape index (κ2) is 5.75. The third-order valence-electron chi connectivity index (χ3n) is 1.79. The lowest BCUT2D eigenvalue weighted by Crippen LogP contribution is -1.99. The summed E-state index contributed by atoms with van der Waals surface area (Å²) in [7, 11) is 0. The number of hydrogen-bond acceptors (Lipinski definition) is 3. The Bertz CT molecular complexity index is 350. The van der Waals surface area contributed by atoms with Gasteiger partial charge in [-0.15, -0.1) is 0 Å². The van der Waals surface area contributed by atoms with Crippen LogP contribution in [0.4, 0.5) is 0 Å². The minimum absolute atomic E-state index is 0.503. The molecule has 0 bridgehead atoms. The molecule has 0 fully saturated rings. The highest BCUT2D eigenvalue weighted by molar-refractivity contribution is 9.10. The van der Waals surface area contributed by atoms with E-state index in [9.17, 15) is 4.79 Å². The smallest absolute Gasteiger partial charge is 0.153 e. The van der Waals surface area contributed by atoms with E-state index in [1.54, 1.807) is 12.1 Å². The SMILES string of the molecule is CCOc1cc(C=O)c(OCC)cc1Br. The minimum Gasteiger partial charge on any atom is -0.493 e. The zero-order valence-corrected chi connectivity index (χ0v) is 10.3. The Hall–Kier alpha value is -1.03. The summed E-state index contributed by atoms with van der Waals surface area (Å²) in [5, 5.41) is 0. The molecule has 0 atom stereocenters. The number of benzene rings is 1. The molecule has 1 aromatic carbocycles. The first-order chi connectivity index (χ1) is 7.22. The topological polar surface area (TPSA) is 35.5 Å². The van der Waals surface area contributed by atoms with E-state index in [2.05, 4.69) is 15.9 Å². The van der Waals surface area contributed by atoms with Gasteiger partial charge in [-0.1, -0.05) is 0 Å². The second-order valence-electron chi connectivity index (χ2n) is 2.80. The molecular formula is C11H13BrO3. The number of rotatable bonds is 5. The van der Waals surface area contributed by atoms with Gasteiger partial charge in [0.25, 0.3) is 0 Å². The maximum absolute atomic E-state index is 10.8. The van der Waals surface area contributed by atoms with Crippen LogP contribution in [0.5, 0.6) is 11.5 Å². The lowest BCUT2D eigenvalue weighted by molar-refractivity contribution is 0.111. The average Bonchev–Trinajstić information content (AvgIpc) is 2.22. The Morgan fingerprint density at radius 3 is 2.33 bits per heavy atom. The molecule has 0 aliphatic rings. The van der Waals surface area contributed by atoms with Crippen molar-refractivity contribution in [2.24, 2.45) is 0 Å². The Balaban J connectivity index is 3.10. The van der Waals surface area contributed by atoms with Gasteiger partial charge in [0.15, 0.2) is 6.29 Å². The molecule has 0 aromatic heterocycles. The van der Waals surface area contributed by atoms with Crippen molar-refractivity contribution in [2.75, 3.05) is 13.2 Å². The molecule has 82 valence electrons. The predicted octanol–water partition coefficient (Wildman–Crippen LogP) is 3.06. The van der Waals surface area contributed by atoms with E-state index >= 15 is 0 Å². The van der Waals surface area contributed by atoms with Crippen molar-refractivity contribution in [1.29, 1.82) is 0 Å². The van der Waals surface area contributed by atoms with Crippen LogP contribution in [-0.2, 0) is 0 Å². The Morgan fingerprint density at radius 1 is 1.20 bits per heavy atom. The fraction of sp³-hybridized carbons (Fsp3) is 0.364. The molecule has 0 N–H and O–H groups in total. The van der Waals surface area contributed by atoms with Crippen LogP contribution in [0.3, 0.4) is 0 Å². The summed E-state index contributed by atoms with van der Waals surface area (Å²) in [5.41, 5.74) is 0.503. The van der Waals surface area contributed by atoms with Crippen molar-refractivity contribution in [3.8, 4) is 11.5 Å². The highest BCUT2D eigenvalue weighted by Gasteiger charge is 2.09. The maximum Gasteiger partial charge on any atom is 0.153 e. The quantitative estimate of drug-likeness (QED) is 0.773. The zero-order chi connectivity index (χ0) is 11.3. The van der Waals surface area contributed by atoms with Gasteiger partial charge in [-0.05, 0) is 41.9 Å². The second-order valence-corrected chi connectivity index (χ2v) is 3.66. The summed E-state index contributed by atoms with van der Waals surface area (Å²) >= 11 is 3.36. The van der Waals surface area contributed by atoms with Crippen LogP contribution in [-0.4, -0.2) is 19.5 Å². The Morgan fingerprint density at radius 2 is 1.80 bits per heavy atom. The van der Waals surface area contributed by atoms with Crippen LogP contribution in [0, 0.1) is 0 Å². The third kappa shape index (κ3) is 2.96. The van der Waals surface area contributed by atoms with Gasteiger partial charge < -0.3 is 9.47 Å². The van der Waals surface area contributed by atoms with E-state index in [1.807, 2.05) is 13.8 Å². The number of hydrogen-bond donors (Lipinski definition) is 0. The van der Waals surface area contributed by atoms with Crippen LogP contribution < -0.4 is 9.47 Å². The van der Waals surface area contributed by atoms with E-state index in [-0.39, 0.29) is 0 Å². The zero-order valence-electron chi connectivity index (χ0n) is 8.75. The molecule has 0 heterocycles. The molecule has 0 amide bonds. The highest BCUT2D eigenvalue weighted by atomic mass is 79.9. The average molecular weight is 273 g/mol. The molecule has 0 aliphatic carbocycles. The standard InChI is InChI=1S/C11H13BrO3/c1-3-14-10-6-9(12)11(15-4-2)5-8(10)7-13/h5-7H,3-4H2,1-2H3. The molecule has 1 rings (SSSR count). The minimum atomic E-state index is 0.503. The molecule has 0 saturated heterocycles. The van der Waals surface area contributed by atoms with Gasteiger partial charge in [-0.3, -0.25) is 4.79 Å². The number of carbonyl (C=O) groups is 1. The van der Waals surface area contributed by atoms with Crippen molar-refractivity contribution in [3.63, 3.8) is 0 Å². The summed E-state index contributed by atoms with van der Waals surface area (Å²) in [5.74, 6) is 1.23. The first-order valence-corrected chi connectivity index (χ1v) is 5.56. The van der Waals surface area contributed by atoms with Gasteiger partial charge in [0.05, 0.1) is 23.2 Å². The Labute approximate surface area is 97.5 Å².